The summed E-state index contributed by atoms with van der Waals surface area (Å²) in [5, 5.41) is 0. The molecule has 0 bridgehead atoms. The van der Waals surface area contributed by atoms with Gasteiger partial charge in [-0.1, -0.05) is 13.8 Å². The van der Waals surface area contributed by atoms with Crippen LogP contribution in [0.5, 0.6) is 0 Å². The topological polar surface area (TPSA) is 85.3 Å². The summed E-state index contributed by atoms with van der Waals surface area (Å²) in [5.41, 5.74) is -3.14. The third-order valence-corrected chi connectivity index (χ3v) is 4.06. The van der Waals surface area contributed by atoms with Gasteiger partial charge < -0.3 is 0 Å². The van der Waals surface area contributed by atoms with Crippen molar-refractivity contribution in [3.63, 3.8) is 0 Å². The third-order valence-electron chi connectivity index (χ3n) is 4.06. The van der Waals surface area contributed by atoms with Gasteiger partial charge >= 0.3 is 0 Å². The van der Waals surface area contributed by atoms with Crippen LogP contribution in [0, 0.1) is 10.8 Å². The lowest BCUT2D eigenvalue weighted by molar-refractivity contribution is -0.156. The lowest BCUT2D eigenvalue weighted by atomic mass is 9.64. The van der Waals surface area contributed by atoms with Crippen molar-refractivity contribution in [3.05, 3.63) is 0 Å². The average Bonchev–Trinajstić information content (AvgIpc) is 2.42. The molecule has 5 nitrogen and oxygen atoms in total. The fourth-order valence-electron chi connectivity index (χ4n) is 2.23. The zero-order valence-electron chi connectivity index (χ0n) is 13.0. The molecule has 5 heteroatoms. The number of ketones is 5. The fourth-order valence-corrected chi connectivity index (χ4v) is 2.23. The number of carbonyl (C=O) groups is 5. The van der Waals surface area contributed by atoms with Crippen molar-refractivity contribution >= 4 is 28.9 Å². The lowest BCUT2D eigenvalue weighted by Gasteiger charge is -2.33. The van der Waals surface area contributed by atoms with E-state index >= 15 is 0 Å². The molecule has 0 aliphatic heterocycles. The second kappa shape index (κ2) is 6.20. The van der Waals surface area contributed by atoms with Crippen molar-refractivity contribution in [2.24, 2.45) is 10.8 Å². The van der Waals surface area contributed by atoms with E-state index in [1.807, 2.05) is 0 Å². The molecule has 0 rings (SSSR count). The Balaban J connectivity index is 5.91. The van der Waals surface area contributed by atoms with Crippen molar-refractivity contribution in [1.29, 1.82) is 0 Å². The summed E-state index contributed by atoms with van der Waals surface area (Å²) in [6.07, 6.45) is 0.204. The van der Waals surface area contributed by atoms with E-state index < -0.39 is 39.7 Å². The maximum atomic E-state index is 12.7. The fraction of sp³-hybridized carbons (Fsp3) is 0.667. The molecule has 0 aromatic heterocycles. The molecule has 0 aliphatic carbocycles. The van der Waals surface area contributed by atoms with Gasteiger partial charge in [0.25, 0.3) is 0 Å². The summed E-state index contributed by atoms with van der Waals surface area (Å²) in [7, 11) is 0. The Bertz CT molecular complexity index is 435. The van der Waals surface area contributed by atoms with Crippen LogP contribution in [-0.2, 0) is 24.0 Å². The van der Waals surface area contributed by atoms with Crippen molar-refractivity contribution in [1.82, 2.24) is 0 Å². The second-order valence-corrected chi connectivity index (χ2v) is 5.47. The number of hydrogen-bond donors (Lipinski definition) is 0. The second-order valence-electron chi connectivity index (χ2n) is 5.47. The molecule has 0 radical (unpaired) electrons. The summed E-state index contributed by atoms with van der Waals surface area (Å²) in [6, 6.07) is 0. The minimum Gasteiger partial charge on any atom is -0.297 e. The highest BCUT2D eigenvalue weighted by Gasteiger charge is 2.52. The minimum absolute atomic E-state index is 0.102. The lowest BCUT2D eigenvalue weighted by Crippen LogP contribution is -2.51. The maximum Gasteiger partial charge on any atom is 0.211 e. The standard InChI is InChI=1S/C15H22O5/c1-7-14(5,11(18)9(3)16)13(20)15(6,8-2)12(19)10(4)17/h7-8H2,1-6H3. The molecule has 0 heterocycles. The SMILES string of the molecule is CCC(C)(C(=O)C(C)=O)C(=O)C(C)(CC)C(=O)C(C)=O. The quantitative estimate of drug-likeness (QED) is 0.499. The van der Waals surface area contributed by atoms with Gasteiger partial charge in [0, 0.05) is 13.8 Å². The van der Waals surface area contributed by atoms with Gasteiger partial charge in [-0.05, 0) is 26.7 Å². The molecule has 0 spiro atoms. The van der Waals surface area contributed by atoms with Crippen LogP contribution in [0.4, 0.5) is 0 Å². The molecule has 0 saturated carbocycles. The Kier molecular flexibility index (Phi) is 5.69. The van der Waals surface area contributed by atoms with Gasteiger partial charge in [-0.2, -0.15) is 0 Å². The molecular formula is C15H22O5. The first-order valence-corrected chi connectivity index (χ1v) is 6.64. The van der Waals surface area contributed by atoms with Gasteiger partial charge in [-0.3, -0.25) is 24.0 Å². The zero-order chi connectivity index (χ0) is 16.3. The van der Waals surface area contributed by atoms with Gasteiger partial charge in [-0.15, -0.1) is 0 Å². The molecule has 0 fully saturated rings. The first-order chi connectivity index (χ1) is 8.98. The Morgan fingerprint density at radius 2 is 0.950 bits per heavy atom. The molecule has 0 N–H and O–H groups in total. The first-order valence-electron chi connectivity index (χ1n) is 6.64. The molecule has 0 aromatic rings. The van der Waals surface area contributed by atoms with Gasteiger partial charge in [-0.25, -0.2) is 0 Å². The summed E-state index contributed by atoms with van der Waals surface area (Å²) >= 11 is 0. The number of rotatable bonds is 8. The van der Waals surface area contributed by atoms with E-state index in [-0.39, 0.29) is 12.8 Å². The minimum atomic E-state index is -1.57. The number of Topliss-reactive ketones (excluding diaryl/α,β-unsaturated/α-hetero) is 5. The molecule has 0 aliphatic rings. The van der Waals surface area contributed by atoms with Crippen LogP contribution in [-0.4, -0.2) is 28.9 Å². The number of carbonyl (C=O) groups excluding carboxylic acids is 5. The molecule has 0 amide bonds. The van der Waals surface area contributed by atoms with Crippen molar-refractivity contribution in [3.8, 4) is 0 Å². The average molecular weight is 282 g/mol. The van der Waals surface area contributed by atoms with E-state index in [2.05, 4.69) is 0 Å². The van der Waals surface area contributed by atoms with E-state index in [4.69, 9.17) is 0 Å². The van der Waals surface area contributed by atoms with E-state index in [0.29, 0.717) is 0 Å². The Hall–Kier alpha value is -1.65. The summed E-state index contributed by atoms with van der Waals surface area (Å²) in [6.45, 7) is 8.13. The van der Waals surface area contributed by atoms with Gasteiger partial charge in [0.05, 0.1) is 10.8 Å². The van der Waals surface area contributed by atoms with E-state index in [1.165, 1.54) is 13.8 Å². The largest absolute Gasteiger partial charge is 0.297 e. The Morgan fingerprint density at radius 3 is 1.10 bits per heavy atom. The van der Waals surface area contributed by atoms with E-state index in [0.717, 1.165) is 13.8 Å². The van der Waals surface area contributed by atoms with Crippen LogP contribution in [0.1, 0.15) is 54.4 Å². The Morgan fingerprint density at radius 1 is 0.700 bits per heavy atom. The van der Waals surface area contributed by atoms with Crippen LogP contribution >= 0.6 is 0 Å². The highest BCUT2D eigenvalue weighted by atomic mass is 16.2. The monoisotopic (exact) mass is 282 g/mol. The van der Waals surface area contributed by atoms with Gasteiger partial charge in [0.2, 0.25) is 11.6 Å². The van der Waals surface area contributed by atoms with Crippen LogP contribution in [0.25, 0.3) is 0 Å². The smallest absolute Gasteiger partial charge is 0.211 e. The summed E-state index contributed by atoms with van der Waals surface area (Å²) in [5.74, 6) is -3.75. The molecular weight excluding hydrogens is 260 g/mol. The summed E-state index contributed by atoms with van der Waals surface area (Å²) < 4.78 is 0. The highest BCUT2D eigenvalue weighted by Crippen LogP contribution is 2.37. The predicted molar refractivity (Wildman–Crippen MR) is 73.2 cm³/mol. The van der Waals surface area contributed by atoms with Gasteiger partial charge in [0.1, 0.15) is 0 Å². The molecule has 20 heavy (non-hydrogen) atoms. The Labute approximate surface area is 119 Å². The van der Waals surface area contributed by atoms with Crippen molar-refractivity contribution < 1.29 is 24.0 Å². The molecule has 112 valence electrons. The van der Waals surface area contributed by atoms with Crippen molar-refractivity contribution in [2.75, 3.05) is 0 Å². The molecule has 0 saturated heterocycles. The number of hydrogen-bond acceptors (Lipinski definition) is 5. The normalized spacial score (nSPS) is 16.7. The first kappa shape index (κ1) is 18.4. The molecule has 2 unspecified atom stereocenters. The molecule has 2 atom stereocenters. The van der Waals surface area contributed by atoms with Gasteiger partial charge in [0.15, 0.2) is 17.3 Å². The molecule has 0 aromatic carbocycles. The highest BCUT2D eigenvalue weighted by molar-refractivity contribution is 6.47. The summed E-state index contributed by atoms with van der Waals surface area (Å²) in [4.78, 5) is 59.4. The zero-order valence-corrected chi connectivity index (χ0v) is 13.0. The third kappa shape index (κ3) is 2.92. The van der Waals surface area contributed by atoms with Crippen LogP contribution in [0.3, 0.4) is 0 Å². The van der Waals surface area contributed by atoms with Crippen LogP contribution in [0.15, 0.2) is 0 Å². The van der Waals surface area contributed by atoms with E-state index in [1.54, 1.807) is 13.8 Å². The van der Waals surface area contributed by atoms with Crippen LogP contribution in [0.2, 0.25) is 0 Å². The van der Waals surface area contributed by atoms with Crippen LogP contribution < -0.4 is 0 Å². The van der Waals surface area contributed by atoms with Crippen molar-refractivity contribution in [2.45, 2.75) is 54.4 Å². The maximum absolute atomic E-state index is 12.7. The predicted octanol–water partition coefficient (Wildman–Crippen LogP) is 1.70. The van der Waals surface area contributed by atoms with E-state index in [9.17, 15) is 24.0 Å².